The average molecular weight is 396 g/mol. The van der Waals surface area contributed by atoms with Crippen LogP contribution in [0.4, 0.5) is 11.4 Å². The zero-order valence-corrected chi connectivity index (χ0v) is 17.3. The first-order valence-electron chi connectivity index (χ1n) is 10.0. The molecule has 1 fully saturated rings. The van der Waals surface area contributed by atoms with Crippen LogP contribution in [0.3, 0.4) is 0 Å². The predicted molar refractivity (Wildman–Crippen MR) is 113 cm³/mol. The van der Waals surface area contributed by atoms with Crippen LogP contribution in [-0.4, -0.2) is 49.6 Å². The van der Waals surface area contributed by atoms with Gasteiger partial charge in [0.05, 0.1) is 13.7 Å². The molecule has 2 aromatic carbocycles. The minimum Gasteiger partial charge on any atom is -0.497 e. The number of hydrogen-bond acceptors (Lipinski definition) is 5. The average Bonchev–Trinajstić information content (AvgIpc) is 3.29. The van der Waals surface area contributed by atoms with Crippen molar-refractivity contribution in [2.24, 2.45) is 0 Å². The van der Waals surface area contributed by atoms with E-state index in [1.165, 1.54) is 0 Å². The molecule has 0 saturated carbocycles. The number of nitrogens with zero attached hydrogens (tertiary/aromatic N) is 2. The number of esters is 1. The standard InChI is InChI=1S/C23H28N2O4/c1-4-29-23(27)17(2)25(20-8-7-9-21(16-20)28-3)19-12-10-18(11-13-19)22(26)24-14-5-6-15-24/h7-13,16-17H,4-6,14-15H2,1-3H3. The fourth-order valence-electron chi connectivity index (χ4n) is 3.59. The first-order chi connectivity index (χ1) is 14.0. The number of carbonyl (C=O) groups excluding carboxylic acids is 2. The number of hydrogen-bond donors (Lipinski definition) is 0. The largest absolute Gasteiger partial charge is 0.497 e. The van der Waals surface area contributed by atoms with Gasteiger partial charge in [-0.25, -0.2) is 4.79 Å². The summed E-state index contributed by atoms with van der Waals surface area (Å²) in [7, 11) is 1.61. The Balaban J connectivity index is 1.92. The molecule has 154 valence electrons. The van der Waals surface area contributed by atoms with Crippen molar-refractivity contribution in [2.75, 3.05) is 31.7 Å². The maximum absolute atomic E-state index is 12.6. The third-order valence-electron chi connectivity index (χ3n) is 5.13. The van der Waals surface area contributed by atoms with Crippen LogP contribution >= 0.6 is 0 Å². The molecule has 0 N–H and O–H groups in total. The van der Waals surface area contributed by atoms with Gasteiger partial charge in [-0.3, -0.25) is 4.79 Å². The van der Waals surface area contributed by atoms with E-state index in [1.54, 1.807) is 21.0 Å². The molecule has 6 nitrogen and oxygen atoms in total. The highest BCUT2D eigenvalue weighted by atomic mass is 16.5. The third kappa shape index (κ3) is 4.70. The van der Waals surface area contributed by atoms with Gasteiger partial charge in [-0.15, -0.1) is 0 Å². The van der Waals surface area contributed by atoms with Crippen LogP contribution in [0.15, 0.2) is 48.5 Å². The van der Waals surface area contributed by atoms with Crippen molar-refractivity contribution in [3.8, 4) is 5.75 Å². The quantitative estimate of drug-likeness (QED) is 0.662. The molecule has 6 heteroatoms. The molecule has 0 radical (unpaired) electrons. The van der Waals surface area contributed by atoms with E-state index < -0.39 is 6.04 Å². The fraction of sp³-hybridized carbons (Fsp3) is 0.391. The normalized spacial score (nSPS) is 14.4. The summed E-state index contributed by atoms with van der Waals surface area (Å²) in [6.45, 7) is 5.55. The van der Waals surface area contributed by atoms with Gasteiger partial charge >= 0.3 is 5.97 Å². The molecule has 1 aliphatic rings. The maximum Gasteiger partial charge on any atom is 0.328 e. The van der Waals surface area contributed by atoms with E-state index >= 15 is 0 Å². The predicted octanol–water partition coefficient (Wildman–Crippen LogP) is 4.02. The number of carbonyl (C=O) groups is 2. The lowest BCUT2D eigenvalue weighted by atomic mass is 10.1. The summed E-state index contributed by atoms with van der Waals surface area (Å²) in [5, 5.41) is 0. The van der Waals surface area contributed by atoms with Gasteiger partial charge in [0, 0.05) is 36.1 Å². The molecule has 1 saturated heterocycles. The zero-order valence-electron chi connectivity index (χ0n) is 17.3. The highest BCUT2D eigenvalue weighted by Crippen LogP contribution is 2.31. The van der Waals surface area contributed by atoms with Gasteiger partial charge in [0.2, 0.25) is 0 Å². The Morgan fingerprint density at radius 2 is 1.76 bits per heavy atom. The molecule has 1 heterocycles. The van der Waals surface area contributed by atoms with Crippen molar-refractivity contribution in [1.82, 2.24) is 4.90 Å². The molecule has 0 aliphatic carbocycles. The van der Waals surface area contributed by atoms with Crippen LogP contribution in [0.5, 0.6) is 5.75 Å². The summed E-state index contributed by atoms with van der Waals surface area (Å²) in [4.78, 5) is 28.9. The molecule has 1 atom stereocenters. The number of likely N-dealkylation sites (tertiary alicyclic amines) is 1. The minimum absolute atomic E-state index is 0.0559. The summed E-state index contributed by atoms with van der Waals surface area (Å²) < 4.78 is 10.6. The molecule has 3 rings (SSSR count). The zero-order chi connectivity index (χ0) is 20.8. The molecule has 29 heavy (non-hydrogen) atoms. The van der Waals surface area contributed by atoms with Crippen molar-refractivity contribution in [3.05, 3.63) is 54.1 Å². The Morgan fingerprint density at radius 3 is 2.38 bits per heavy atom. The lowest BCUT2D eigenvalue weighted by molar-refractivity contribution is -0.144. The highest BCUT2D eigenvalue weighted by Gasteiger charge is 2.26. The molecule has 0 aromatic heterocycles. The molecule has 1 aliphatic heterocycles. The van der Waals surface area contributed by atoms with Crippen LogP contribution in [-0.2, 0) is 9.53 Å². The number of anilines is 2. The molecule has 1 amide bonds. The highest BCUT2D eigenvalue weighted by molar-refractivity contribution is 5.95. The Bertz CT molecular complexity index is 844. The Hall–Kier alpha value is -3.02. The number of amides is 1. The van der Waals surface area contributed by atoms with E-state index in [2.05, 4.69) is 0 Å². The summed E-state index contributed by atoms with van der Waals surface area (Å²) in [6, 6.07) is 14.4. The summed E-state index contributed by atoms with van der Waals surface area (Å²) in [5.74, 6) is 0.442. The van der Waals surface area contributed by atoms with Crippen LogP contribution < -0.4 is 9.64 Å². The van der Waals surface area contributed by atoms with Gasteiger partial charge in [-0.1, -0.05) is 6.07 Å². The smallest absolute Gasteiger partial charge is 0.328 e. The Morgan fingerprint density at radius 1 is 1.07 bits per heavy atom. The van der Waals surface area contributed by atoms with E-state index in [1.807, 2.05) is 58.3 Å². The van der Waals surface area contributed by atoms with Gasteiger partial charge in [-0.05, 0) is 63.1 Å². The molecular formula is C23H28N2O4. The van der Waals surface area contributed by atoms with E-state index in [0.29, 0.717) is 17.9 Å². The van der Waals surface area contributed by atoms with E-state index in [4.69, 9.17) is 9.47 Å². The molecule has 2 aromatic rings. The van der Waals surface area contributed by atoms with Gasteiger partial charge in [-0.2, -0.15) is 0 Å². The second-order valence-electron chi connectivity index (χ2n) is 7.05. The molecule has 0 bridgehead atoms. The minimum atomic E-state index is -0.540. The SMILES string of the molecule is CCOC(=O)C(C)N(c1ccc(C(=O)N2CCCC2)cc1)c1cccc(OC)c1. The number of rotatable bonds is 7. The second-order valence-corrected chi connectivity index (χ2v) is 7.05. The topological polar surface area (TPSA) is 59.1 Å². The Kier molecular flexibility index (Phi) is 6.75. The third-order valence-corrected chi connectivity index (χ3v) is 5.13. The van der Waals surface area contributed by atoms with Crippen molar-refractivity contribution in [2.45, 2.75) is 32.7 Å². The lowest BCUT2D eigenvalue weighted by Crippen LogP contribution is -2.37. The van der Waals surface area contributed by atoms with Gasteiger partial charge in [0.25, 0.3) is 5.91 Å². The second kappa shape index (κ2) is 9.45. The number of ether oxygens (including phenoxy) is 2. The van der Waals surface area contributed by atoms with Gasteiger partial charge < -0.3 is 19.3 Å². The fourth-order valence-corrected chi connectivity index (χ4v) is 3.59. The first-order valence-corrected chi connectivity index (χ1v) is 10.0. The van der Waals surface area contributed by atoms with Gasteiger partial charge in [0.1, 0.15) is 11.8 Å². The van der Waals surface area contributed by atoms with E-state index in [9.17, 15) is 9.59 Å². The van der Waals surface area contributed by atoms with Crippen LogP contribution in [0.2, 0.25) is 0 Å². The van der Waals surface area contributed by atoms with Crippen LogP contribution in [0.25, 0.3) is 0 Å². The van der Waals surface area contributed by atoms with Crippen molar-refractivity contribution in [3.63, 3.8) is 0 Å². The Labute approximate surface area is 172 Å². The van der Waals surface area contributed by atoms with Gasteiger partial charge in [0.15, 0.2) is 0 Å². The molecule has 1 unspecified atom stereocenters. The van der Waals surface area contributed by atoms with E-state index in [-0.39, 0.29) is 11.9 Å². The first kappa shape index (κ1) is 20.7. The van der Waals surface area contributed by atoms with Crippen LogP contribution in [0.1, 0.15) is 37.0 Å². The van der Waals surface area contributed by atoms with Crippen LogP contribution in [0, 0.1) is 0 Å². The maximum atomic E-state index is 12.6. The molecule has 0 spiro atoms. The number of benzene rings is 2. The van der Waals surface area contributed by atoms with E-state index in [0.717, 1.165) is 37.3 Å². The monoisotopic (exact) mass is 396 g/mol. The van der Waals surface area contributed by atoms with Crippen molar-refractivity contribution < 1.29 is 19.1 Å². The lowest BCUT2D eigenvalue weighted by Gasteiger charge is -2.30. The summed E-state index contributed by atoms with van der Waals surface area (Å²) in [5.41, 5.74) is 2.27. The van der Waals surface area contributed by atoms with Crippen molar-refractivity contribution in [1.29, 1.82) is 0 Å². The number of methoxy groups -OCH3 is 1. The molecular weight excluding hydrogens is 368 g/mol. The van der Waals surface area contributed by atoms with Crippen molar-refractivity contribution >= 4 is 23.3 Å². The summed E-state index contributed by atoms with van der Waals surface area (Å²) in [6.07, 6.45) is 2.12. The summed E-state index contributed by atoms with van der Waals surface area (Å²) >= 11 is 0.